The van der Waals surface area contributed by atoms with Gasteiger partial charge < -0.3 is 19.7 Å². The summed E-state index contributed by atoms with van der Waals surface area (Å²) in [6, 6.07) is 4.91. The highest BCUT2D eigenvalue weighted by molar-refractivity contribution is 6.09. The van der Waals surface area contributed by atoms with Crippen LogP contribution in [0.4, 0.5) is 4.79 Å². The Morgan fingerprint density at radius 1 is 1.06 bits per heavy atom. The van der Waals surface area contributed by atoms with E-state index in [1.807, 2.05) is 39.0 Å². The first kappa shape index (κ1) is 24.9. The zero-order valence-electron chi connectivity index (χ0n) is 20.3. The Hall–Kier alpha value is -2.77. The van der Waals surface area contributed by atoms with Gasteiger partial charge in [-0.25, -0.2) is 4.79 Å². The monoisotopic (exact) mass is 459 g/mol. The molecule has 0 aromatic heterocycles. The molecule has 1 atom stereocenters. The van der Waals surface area contributed by atoms with Crippen LogP contribution in [0.3, 0.4) is 0 Å². The van der Waals surface area contributed by atoms with Gasteiger partial charge in [0.25, 0.3) is 5.91 Å². The molecule has 1 aromatic rings. The molecule has 1 saturated heterocycles. The summed E-state index contributed by atoms with van der Waals surface area (Å²) >= 11 is 0. The van der Waals surface area contributed by atoms with E-state index in [-0.39, 0.29) is 24.4 Å². The Labute approximate surface area is 196 Å². The number of benzene rings is 1. The molecule has 182 valence electrons. The molecule has 1 unspecified atom stereocenters. The molecule has 1 spiro atoms. The average Bonchev–Trinajstić information content (AvgIpc) is 2.98. The van der Waals surface area contributed by atoms with Crippen LogP contribution in [-0.4, -0.2) is 60.0 Å². The second-order valence-electron chi connectivity index (χ2n) is 9.02. The zero-order valence-corrected chi connectivity index (χ0v) is 20.3. The van der Waals surface area contributed by atoms with Crippen LogP contribution in [0.15, 0.2) is 18.2 Å². The van der Waals surface area contributed by atoms with Crippen LogP contribution < -0.4 is 14.8 Å². The molecule has 8 heteroatoms. The number of nitrogens with one attached hydrogen (secondary N) is 1. The Morgan fingerprint density at radius 3 is 2.33 bits per heavy atom. The number of hydrogen-bond acceptors (Lipinski definition) is 5. The first-order valence-electron chi connectivity index (χ1n) is 12.1. The Balaban J connectivity index is 1.66. The van der Waals surface area contributed by atoms with Gasteiger partial charge in [0, 0.05) is 7.05 Å². The molecule has 8 nitrogen and oxygen atoms in total. The van der Waals surface area contributed by atoms with Gasteiger partial charge in [0.2, 0.25) is 5.91 Å². The van der Waals surface area contributed by atoms with Gasteiger partial charge in [0.1, 0.15) is 12.1 Å². The number of rotatable bonds is 10. The minimum atomic E-state index is -0.777. The second kappa shape index (κ2) is 10.9. The van der Waals surface area contributed by atoms with Crippen LogP contribution >= 0.6 is 0 Å². The highest BCUT2D eigenvalue weighted by atomic mass is 16.5. The predicted molar refractivity (Wildman–Crippen MR) is 125 cm³/mol. The zero-order chi connectivity index (χ0) is 24.0. The maximum absolute atomic E-state index is 13.1. The molecule has 1 aliphatic carbocycles. The van der Waals surface area contributed by atoms with Crippen molar-refractivity contribution in [3.05, 3.63) is 23.8 Å². The van der Waals surface area contributed by atoms with Crippen LogP contribution in [0.5, 0.6) is 11.5 Å². The average molecular weight is 460 g/mol. The number of urea groups is 1. The lowest BCUT2D eigenvalue weighted by Gasteiger charge is -2.35. The molecule has 1 heterocycles. The molecule has 1 saturated carbocycles. The van der Waals surface area contributed by atoms with Gasteiger partial charge in [-0.05, 0) is 50.3 Å². The van der Waals surface area contributed by atoms with E-state index in [2.05, 4.69) is 5.32 Å². The van der Waals surface area contributed by atoms with Crippen molar-refractivity contribution in [3.63, 3.8) is 0 Å². The van der Waals surface area contributed by atoms with E-state index < -0.39 is 11.6 Å². The molecule has 1 aliphatic heterocycles. The summed E-state index contributed by atoms with van der Waals surface area (Å²) in [5.74, 6) is 0.717. The van der Waals surface area contributed by atoms with Gasteiger partial charge in [-0.1, -0.05) is 39.2 Å². The molecule has 4 amide bonds. The Bertz CT molecular complexity index is 866. The van der Waals surface area contributed by atoms with E-state index in [1.165, 1.54) is 4.90 Å². The molecule has 1 aromatic carbocycles. The standard InChI is InChI=1S/C25H37N3O5/c1-5-14-32-20-11-10-19(16-21(20)33-15-6-2)18(3)26-22(29)17-28-23(30)25(27(4)24(28)31)12-8-7-9-13-25/h10-11,16,18H,5-9,12-15,17H2,1-4H3,(H,26,29). The van der Waals surface area contributed by atoms with E-state index in [4.69, 9.17) is 9.47 Å². The summed E-state index contributed by atoms with van der Waals surface area (Å²) in [5, 5.41) is 2.92. The molecule has 0 radical (unpaired) electrons. The summed E-state index contributed by atoms with van der Waals surface area (Å²) in [7, 11) is 1.67. The second-order valence-corrected chi connectivity index (χ2v) is 9.02. The number of hydrogen-bond donors (Lipinski definition) is 1. The first-order chi connectivity index (χ1) is 15.8. The Kier molecular flexibility index (Phi) is 8.21. The molecule has 3 rings (SSSR count). The van der Waals surface area contributed by atoms with Crippen molar-refractivity contribution < 1.29 is 23.9 Å². The molecule has 0 bridgehead atoms. The lowest BCUT2D eigenvalue weighted by atomic mass is 9.81. The van der Waals surface area contributed by atoms with Crippen molar-refractivity contribution >= 4 is 17.8 Å². The third-order valence-corrected chi connectivity index (χ3v) is 6.55. The van der Waals surface area contributed by atoms with Crippen LogP contribution in [-0.2, 0) is 9.59 Å². The normalized spacial score (nSPS) is 18.5. The summed E-state index contributed by atoms with van der Waals surface area (Å²) < 4.78 is 11.6. The predicted octanol–water partition coefficient (Wildman–Crippen LogP) is 4.04. The third kappa shape index (κ3) is 5.25. The summed E-state index contributed by atoms with van der Waals surface area (Å²) in [4.78, 5) is 41.3. The molecular formula is C25H37N3O5. The van der Waals surface area contributed by atoms with Crippen LogP contribution in [0, 0.1) is 0 Å². The largest absolute Gasteiger partial charge is 0.490 e. The van der Waals surface area contributed by atoms with Gasteiger partial charge in [-0.3, -0.25) is 14.5 Å². The first-order valence-corrected chi connectivity index (χ1v) is 12.1. The lowest BCUT2D eigenvalue weighted by molar-refractivity contribution is -0.137. The van der Waals surface area contributed by atoms with E-state index in [9.17, 15) is 14.4 Å². The van der Waals surface area contributed by atoms with Crippen molar-refractivity contribution in [2.75, 3.05) is 26.8 Å². The molecular weight excluding hydrogens is 422 g/mol. The van der Waals surface area contributed by atoms with Crippen LogP contribution in [0.2, 0.25) is 0 Å². The van der Waals surface area contributed by atoms with Crippen LogP contribution in [0.1, 0.15) is 77.3 Å². The van der Waals surface area contributed by atoms with Gasteiger partial charge in [0.15, 0.2) is 11.5 Å². The molecule has 1 N–H and O–H groups in total. The SMILES string of the molecule is CCCOc1ccc(C(C)NC(=O)CN2C(=O)N(C)C3(CCCCC3)C2=O)cc1OCCC. The van der Waals surface area contributed by atoms with Crippen molar-refractivity contribution in [3.8, 4) is 11.5 Å². The molecule has 2 fully saturated rings. The summed E-state index contributed by atoms with van der Waals surface area (Å²) in [6.07, 6.45) is 6.00. The fraction of sp³-hybridized carbons (Fsp3) is 0.640. The van der Waals surface area contributed by atoms with Crippen LogP contribution in [0.25, 0.3) is 0 Å². The number of carbonyl (C=O) groups is 3. The maximum Gasteiger partial charge on any atom is 0.327 e. The summed E-state index contributed by atoms with van der Waals surface area (Å²) in [6.45, 7) is 6.84. The number of imide groups is 1. The maximum atomic E-state index is 13.1. The number of amides is 4. The molecule has 2 aliphatic rings. The van der Waals surface area contributed by atoms with Crippen molar-refractivity contribution in [2.45, 2.75) is 77.3 Å². The summed E-state index contributed by atoms with van der Waals surface area (Å²) in [5.41, 5.74) is 0.0828. The van der Waals surface area contributed by atoms with Crippen molar-refractivity contribution in [1.29, 1.82) is 0 Å². The highest BCUT2D eigenvalue weighted by Crippen LogP contribution is 2.39. The number of ether oxygens (including phenoxy) is 2. The third-order valence-electron chi connectivity index (χ3n) is 6.55. The fourth-order valence-corrected chi connectivity index (χ4v) is 4.64. The van der Waals surface area contributed by atoms with E-state index in [0.29, 0.717) is 37.6 Å². The van der Waals surface area contributed by atoms with Gasteiger partial charge in [-0.15, -0.1) is 0 Å². The van der Waals surface area contributed by atoms with E-state index in [0.717, 1.165) is 42.6 Å². The quantitative estimate of drug-likeness (QED) is 0.534. The topological polar surface area (TPSA) is 88.2 Å². The van der Waals surface area contributed by atoms with Gasteiger partial charge in [-0.2, -0.15) is 0 Å². The number of likely N-dealkylation sites (N-methyl/N-ethyl adjacent to an activating group) is 1. The molecule has 33 heavy (non-hydrogen) atoms. The van der Waals surface area contributed by atoms with Gasteiger partial charge >= 0.3 is 6.03 Å². The fourth-order valence-electron chi connectivity index (χ4n) is 4.64. The van der Waals surface area contributed by atoms with Crippen molar-refractivity contribution in [1.82, 2.24) is 15.1 Å². The van der Waals surface area contributed by atoms with E-state index >= 15 is 0 Å². The Morgan fingerprint density at radius 2 is 1.70 bits per heavy atom. The van der Waals surface area contributed by atoms with Crippen molar-refractivity contribution in [2.24, 2.45) is 0 Å². The van der Waals surface area contributed by atoms with Gasteiger partial charge in [0.05, 0.1) is 19.3 Å². The smallest absolute Gasteiger partial charge is 0.327 e. The van der Waals surface area contributed by atoms with E-state index in [1.54, 1.807) is 7.05 Å². The lowest BCUT2D eigenvalue weighted by Crippen LogP contribution is -2.49. The minimum absolute atomic E-state index is 0.245. The minimum Gasteiger partial charge on any atom is -0.490 e. The number of nitrogens with zero attached hydrogens (tertiary/aromatic N) is 2. The number of carbonyl (C=O) groups excluding carboxylic acids is 3. The highest BCUT2D eigenvalue weighted by Gasteiger charge is 2.55.